The average Bonchev–Trinajstić information content (AvgIpc) is 2.91. The zero-order valence-corrected chi connectivity index (χ0v) is 9.65. The summed E-state index contributed by atoms with van der Waals surface area (Å²) in [6.45, 7) is 1.19. The topological polar surface area (TPSA) is 52.0 Å². The summed E-state index contributed by atoms with van der Waals surface area (Å²) in [5.74, 6) is 0. The average molecular weight is 244 g/mol. The Balaban J connectivity index is 0.000000280. The molecule has 0 aromatic heterocycles. The van der Waals surface area contributed by atoms with E-state index in [9.17, 15) is 0 Å². The third-order valence-corrected chi connectivity index (χ3v) is 2.00. The Labute approximate surface area is 101 Å². The van der Waals surface area contributed by atoms with Gasteiger partial charge in [0.05, 0.1) is 0 Å². The summed E-state index contributed by atoms with van der Waals surface area (Å²) in [6, 6.07) is 16.0. The SMILES string of the molecule is NCc1ccc[c-]1CN.[Fe+2].c1cc[cH-]c1. The van der Waals surface area contributed by atoms with Gasteiger partial charge in [0.15, 0.2) is 0 Å². The Morgan fingerprint density at radius 3 is 2.13 bits per heavy atom. The molecule has 3 heteroatoms. The number of nitrogens with two attached hydrogens (primary N) is 2. The van der Waals surface area contributed by atoms with Crippen molar-refractivity contribution in [3.05, 3.63) is 59.7 Å². The molecule has 0 radical (unpaired) electrons. The molecule has 4 N–H and O–H groups in total. The van der Waals surface area contributed by atoms with Crippen molar-refractivity contribution >= 4 is 0 Å². The van der Waals surface area contributed by atoms with Crippen LogP contribution >= 0.6 is 0 Å². The Morgan fingerprint density at radius 2 is 1.80 bits per heavy atom. The van der Waals surface area contributed by atoms with Crippen LogP contribution in [0.2, 0.25) is 0 Å². The van der Waals surface area contributed by atoms with Crippen LogP contribution in [0.5, 0.6) is 0 Å². The fourth-order valence-electron chi connectivity index (χ4n) is 1.21. The van der Waals surface area contributed by atoms with Crippen LogP contribution in [0.3, 0.4) is 0 Å². The van der Waals surface area contributed by atoms with Gasteiger partial charge in [0.25, 0.3) is 0 Å². The summed E-state index contributed by atoms with van der Waals surface area (Å²) in [4.78, 5) is 0. The maximum atomic E-state index is 5.42. The van der Waals surface area contributed by atoms with E-state index in [0.29, 0.717) is 13.1 Å². The van der Waals surface area contributed by atoms with Crippen molar-refractivity contribution in [2.45, 2.75) is 13.1 Å². The first-order chi connectivity index (χ1) is 6.88. The summed E-state index contributed by atoms with van der Waals surface area (Å²) in [5, 5.41) is 0. The van der Waals surface area contributed by atoms with Gasteiger partial charge in [-0.15, -0.1) is 5.56 Å². The van der Waals surface area contributed by atoms with Crippen LogP contribution in [0, 0.1) is 0 Å². The number of rotatable bonds is 2. The molecule has 0 saturated carbocycles. The maximum absolute atomic E-state index is 5.42. The molecule has 0 unspecified atom stereocenters. The van der Waals surface area contributed by atoms with Gasteiger partial charge in [-0.3, -0.25) is 0 Å². The van der Waals surface area contributed by atoms with Crippen molar-refractivity contribution in [3.8, 4) is 0 Å². The van der Waals surface area contributed by atoms with E-state index in [4.69, 9.17) is 11.5 Å². The molecule has 0 amide bonds. The molecule has 0 aliphatic rings. The third-order valence-electron chi connectivity index (χ3n) is 2.00. The molecule has 2 aromatic rings. The van der Waals surface area contributed by atoms with Crippen LogP contribution in [0.1, 0.15) is 11.1 Å². The van der Waals surface area contributed by atoms with Crippen molar-refractivity contribution in [1.29, 1.82) is 0 Å². The smallest absolute Gasteiger partial charge is 0.337 e. The van der Waals surface area contributed by atoms with E-state index in [-0.39, 0.29) is 17.1 Å². The Morgan fingerprint density at radius 1 is 1.13 bits per heavy atom. The first-order valence-corrected chi connectivity index (χ1v) is 4.68. The summed E-state index contributed by atoms with van der Waals surface area (Å²) < 4.78 is 0. The summed E-state index contributed by atoms with van der Waals surface area (Å²) in [7, 11) is 0. The minimum absolute atomic E-state index is 0. The van der Waals surface area contributed by atoms with Gasteiger partial charge in [-0.2, -0.15) is 29.8 Å². The molecule has 0 aliphatic carbocycles. The molecule has 15 heavy (non-hydrogen) atoms. The molecule has 82 valence electrons. The van der Waals surface area contributed by atoms with Crippen LogP contribution in [0.4, 0.5) is 0 Å². The van der Waals surface area contributed by atoms with E-state index in [1.54, 1.807) is 0 Å². The van der Waals surface area contributed by atoms with E-state index in [2.05, 4.69) is 0 Å². The normalized spacial score (nSPS) is 8.67. The molecular formula is C12H16FeN2. The van der Waals surface area contributed by atoms with Gasteiger partial charge in [-0.1, -0.05) is 0 Å². The fraction of sp³-hybridized carbons (Fsp3) is 0.167. The van der Waals surface area contributed by atoms with E-state index in [1.165, 1.54) is 0 Å². The minimum Gasteiger partial charge on any atom is -0.337 e. The van der Waals surface area contributed by atoms with Crippen LogP contribution in [0.15, 0.2) is 48.5 Å². The van der Waals surface area contributed by atoms with E-state index >= 15 is 0 Å². The van der Waals surface area contributed by atoms with Crippen molar-refractivity contribution in [2.24, 2.45) is 11.5 Å². The second kappa shape index (κ2) is 8.45. The molecule has 0 atom stereocenters. The zero-order chi connectivity index (χ0) is 10.2. The predicted molar refractivity (Wildman–Crippen MR) is 59.9 cm³/mol. The number of hydrogen-bond donors (Lipinski definition) is 2. The van der Waals surface area contributed by atoms with Crippen molar-refractivity contribution in [1.82, 2.24) is 0 Å². The zero-order valence-electron chi connectivity index (χ0n) is 8.54. The molecule has 2 aromatic carbocycles. The molecule has 2 nitrogen and oxygen atoms in total. The Hall–Kier alpha value is -0.861. The quantitative estimate of drug-likeness (QED) is 0.624. The third kappa shape index (κ3) is 4.96. The molecule has 0 spiro atoms. The van der Waals surface area contributed by atoms with Crippen molar-refractivity contribution in [3.63, 3.8) is 0 Å². The molecular weight excluding hydrogens is 228 g/mol. The molecule has 0 aliphatic heterocycles. The van der Waals surface area contributed by atoms with E-state index in [1.807, 2.05) is 48.5 Å². The fourth-order valence-corrected chi connectivity index (χ4v) is 1.21. The minimum atomic E-state index is 0. The van der Waals surface area contributed by atoms with Gasteiger partial charge in [0, 0.05) is 0 Å². The van der Waals surface area contributed by atoms with Gasteiger partial charge >= 0.3 is 17.1 Å². The number of hydrogen-bond acceptors (Lipinski definition) is 2. The molecule has 0 fully saturated rings. The van der Waals surface area contributed by atoms with E-state index in [0.717, 1.165) is 11.1 Å². The van der Waals surface area contributed by atoms with Crippen LogP contribution in [-0.4, -0.2) is 0 Å². The van der Waals surface area contributed by atoms with Crippen LogP contribution in [0.25, 0.3) is 0 Å². The Kier molecular flexibility index (Phi) is 7.96. The predicted octanol–water partition coefficient (Wildman–Crippen LogP) is 1.73. The second-order valence-electron chi connectivity index (χ2n) is 2.95. The van der Waals surface area contributed by atoms with Gasteiger partial charge in [0.2, 0.25) is 0 Å². The van der Waals surface area contributed by atoms with Crippen LogP contribution < -0.4 is 11.5 Å². The molecule has 0 saturated heterocycles. The first kappa shape index (κ1) is 14.1. The van der Waals surface area contributed by atoms with Crippen molar-refractivity contribution < 1.29 is 17.1 Å². The standard InChI is InChI=1S/C7H11N2.C5H5.Fe/c8-4-6-2-1-3-7(6)5-9;1-2-4-5-3-1;/h1-3H,4-5,8-9H2;1-5H;/q2*-1;+2. The van der Waals surface area contributed by atoms with Crippen molar-refractivity contribution in [2.75, 3.05) is 0 Å². The maximum Gasteiger partial charge on any atom is 2.00 e. The summed E-state index contributed by atoms with van der Waals surface area (Å²) >= 11 is 0. The molecule has 0 heterocycles. The monoisotopic (exact) mass is 244 g/mol. The van der Waals surface area contributed by atoms with Gasteiger partial charge in [-0.25, -0.2) is 24.3 Å². The largest absolute Gasteiger partial charge is 2.00 e. The van der Waals surface area contributed by atoms with Crippen LogP contribution in [-0.2, 0) is 30.2 Å². The van der Waals surface area contributed by atoms with Gasteiger partial charge < -0.3 is 11.5 Å². The molecule has 0 bridgehead atoms. The Bertz CT molecular complexity index is 289. The molecule has 2 rings (SSSR count). The second-order valence-corrected chi connectivity index (χ2v) is 2.95. The van der Waals surface area contributed by atoms with Gasteiger partial charge in [0.1, 0.15) is 0 Å². The first-order valence-electron chi connectivity index (χ1n) is 4.68. The summed E-state index contributed by atoms with van der Waals surface area (Å²) in [5.41, 5.74) is 13.2. The summed E-state index contributed by atoms with van der Waals surface area (Å²) in [6.07, 6.45) is 0. The van der Waals surface area contributed by atoms with Gasteiger partial charge in [-0.05, 0) is 13.1 Å². The van der Waals surface area contributed by atoms with E-state index < -0.39 is 0 Å².